The highest BCUT2D eigenvalue weighted by Crippen LogP contribution is 2.12. The highest BCUT2D eigenvalue weighted by Gasteiger charge is 2.28. The van der Waals surface area contributed by atoms with Crippen LogP contribution in [0.4, 0.5) is 0 Å². The Kier molecular flexibility index (Phi) is 4.14. The molecular formula is C14H14N2O4. The number of para-hydroxylation sites is 1. The summed E-state index contributed by atoms with van der Waals surface area (Å²) in [6.07, 6.45) is 1.72. The van der Waals surface area contributed by atoms with E-state index in [9.17, 15) is 9.59 Å². The van der Waals surface area contributed by atoms with Crippen molar-refractivity contribution in [3.63, 3.8) is 0 Å². The number of hydrogen-bond donors (Lipinski definition) is 1. The van der Waals surface area contributed by atoms with Crippen molar-refractivity contribution in [2.24, 2.45) is 5.92 Å². The number of carboxylic acids is 1. The van der Waals surface area contributed by atoms with E-state index in [2.05, 4.69) is 9.84 Å². The van der Waals surface area contributed by atoms with Gasteiger partial charge in [0.15, 0.2) is 5.92 Å². The van der Waals surface area contributed by atoms with Crippen molar-refractivity contribution in [1.29, 1.82) is 0 Å². The molecule has 0 saturated heterocycles. The average Bonchev–Trinajstić information content (AvgIpc) is 2.93. The third kappa shape index (κ3) is 3.03. The van der Waals surface area contributed by atoms with Crippen LogP contribution < -0.4 is 0 Å². The number of carbonyl (C=O) groups excluding carboxylic acids is 1. The lowest BCUT2D eigenvalue weighted by atomic mass is 10.0. The number of benzene rings is 1. The molecule has 6 nitrogen and oxygen atoms in total. The first-order valence-corrected chi connectivity index (χ1v) is 6.02. The van der Waals surface area contributed by atoms with Gasteiger partial charge in [0.05, 0.1) is 18.5 Å². The Morgan fingerprint density at radius 3 is 2.60 bits per heavy atom. The first-order valence-electron chi connectivity index (χ1n) is 6.02. The van der Waals surface area contributed by atoms with Gasteiger partial charge in [0.2, 0.25) is 0 Å². The Balaban J connectivity index is 2.17. The van der Waals surface area contributed by atoms with Crippen molar-refractivity contribution in [1.82, 2.24) is 9.78 Å². The molecule has 2 aromatic rings. The van der Waals surface area contributed by atoms with Crippen molar-refractivity contribution in [3.05, 3.63) is 48.3 Å². The zero-order valence-electron chi connectivity index (χ0n) is 10.9. The lowest BCUT2D eigenvalue weighted by Crippen LogP contribution is -2.27. The number of aromatic nitrogens is 2. The van der Waals surface area contributed by atoms with E-state index < -0.39 is 17.9 Å². The van der Waals surface area contributed by atoms with Crippen LogP contribution in [-0.4, -0.2) is 33.9 Å². The molecule has 6 heteroatoms. The Hall–Kier alpha value is -2.63. The Bertz CT molecular complexity index is 607. The molecule has 1 heterocycles. The molecule has 1 N–H and O–H groups in total. The second-order valence-corrected chi connectivity index (χ2v) is 4.21. The first-order chi connectivity index (χ1) is 9.61. The summed E-state index contributed by atoms with van der Waals surface area (Å²) in [6.45, 7) is 0. The number of carboxylic acid groups (broad SMARTS) is 1. The summed E-state index contributed by atoms with van der Waals surface area (Å²) in [5.74, 6) is -3.23. The van der Waals surface area contributed by atoms with E-state index in [1.54, 1.807) is 16.9 Å². The molecule has 1 aromatic heterocycles. The van der Waals surface area contributed by atoms with Gasteiger partial charge in [-0.3, -0.25) is 9.59 Å². The van der Waals surface area contributed by atoms with Crippen molar-refractivity contribution in [3.8, 4) is 5.69 Å². The molecule has 0 aliphatic carbocycles. The summed E-state index contributed by atoms with van der Waals surface area (Å²) in [6, 6.07) is 11.1. The van der Waals surface area contributed by atoms with E-state index in [1.165, 1.54) is 7.11 Å². The molecule has 1 atom stereocenters. The lowest BCUT2D eigenvalue weighted by Gasteiger charge is -2.07. The molecule has 1 aromatic carbocycles. The fraction of sp³-hybridized carbons (Fsp3) is 0.214. The highest BCUT2D eigenvalue weighted by molar-refractivity contribution is 5.94. The van der Waals surface area contributed by atoms with Crippen molar-refractivity contribution in [2.75, 3.05) is 7.11 Å². The van der Waals surface area contributed by atoms with Crippen molar-refractivity contribution < 1.29 is 19.4 Å². The number of aliphatic carboxylic acids is 1. The zero-order valence-corrected chi connectivity index (χ0v) is 10.9. The van der Waals surface area contributed by atoms with E-state index in [-0.39, 0.29) is 6.42 Å². The molecule has 0 amide bonds. The normalized spacial score (nSPS) is 11.8. The second kappa shape index (κ2) is 6.01. The fourth-order valence-corrected chi connectivity index (χ4v) is 1.82. The average molecular weight is 274 g/mol. The van der Waals surface area contributed by atoms with Gasteiger partial charge < -0.3 is 9.84 Å². The van der Waals surface area contributed by atoms with Crippen LogP contribution in [0.3, 0.4) is 0 Å². The fourth-order valence-electron chi connectivity index (χ4n) is 1.82. The quantitative estimate of drug-likeness (QED) is 0.656. The third-order valence-electron chi connectivity index (χ3n) is 2.86. The third-order valence-corrected chi connectivity index (χ3v) is 2.86. The predicted octanol–water partition coefficient (Wildman–Crippen LogP) is 1.29. The van der Waals surface area contributed by atoms with Gasteiger partial charge in [-0.15, -0.1) is 0 Å². The number of carbonyl (C=O) groups is 2. The monoisotopic (exact) mass is 274 g/mol. The first kappa shape index (κ1) is 13.8. The number of ether oxygens (including phenoxy) is 1. The molecule has 0 aliphatic rings. The van der Waals surface area contributed by atoms with Crippen LogP contribution in [0.5, 0.6) is 0 Å². The Morgan fingerprint density at radius 2 is 2.00 bits per heavy atom. The van der Waals surface area contributed by atoms with Crippen LogP contribution in [0.2, 0.25) is 0 Å². The number of rotatable bonds is 5. The van der Waals surface area contributed by atoms with Crippen LogP contribution in [0.1, 0.15) is 5.69 Å². The van der Waals surface area contributed by atoms with Gasteiger partial charge >= 0.3 is 11.9 Å². The van der Waals surface area contributed by atoms with E-state index >= 15 is 0 Å². The van der Waals surface area contributed by atoms with E-state index in [1.807, 2.05) is 30.3 Å². The molecule has 0 spiro atoms. The number of hydrogen-bond acceptors (Lipinski definition) is 4. The topological polar surface area (TPSA) is 81.4 Å². The molecule has 104 valence electrons. The second-order valence-electron chi connectivity index (χ2n) is 4.21. The van der Waals surface area contributed by atoms with Crippen LogP contribution in [0.25, 0.3) is 5.69 Å². The maximum atomic E-state index is 11.4. The minimum atomic E-state index is -1.24. The Labute approximate surface area is 115 Å². The molecule has 0 aliphatic heterocycles. The highest BCUT2D eigenvalue weighted by atomic mass is 16.5. The van der Waals surface area contributed by atoms with Gasteiger partial charge in [-0.1, -0.05) is 18.2 Å². The smallest absolute Gasteiger partial charge is 0.320 e. The van der Waals surface area contributed by atoms with Gasteiger partial charge in [-0.2, -0.15) is 5.10 Å². The Morgan fingerprint density at radius 1 is 1.30 bits per heavy atom. The molecule has 2 rings (SSSR count). The zero-order chi connectivity index (χ0) is 14.5. The van der Waals surface area contributed by atoms with E-state index in [0.29, 0.717) is 5.69 Å². The van der Waals surface area contributed by atoms with Crippen LogP contribution in [0, 0.1) is 5.92 Å². The molecule has 0 fully saturated rings. The lowest BCUT2D eigenvalue weighted by molar-refractivity contribution is -0.156. The number of methoxy groups -OCH3 is 1. The van der Waals surface area contributed by atoms with Gasteiger partial charge in [0.25, 0.3) is 0 Å². The molecule has 20 heavy (non-hydrogen) atoms. The minimum Gasteiger partial charge on any atom is -0.481 e. The minimum absolute atomic E-state index is 0.00183. The van der Waals surface area contributed by atoms with Crippen LogP contribution in [-0.2, 0) is 20.7 Å². The molecule has 1 unspecified atom stereocenters. The summed E-state index contributed by atoms with van der Waals surface area (Å²) >= 11 is 0. The number of nitrogens with zero attached hydrogens (tertiary/aromatic N) is 2. The maximum Gasteiger partial charge on any atom is 0.320 e. The summed E-state index contributed by atoms with van der Waals surface area (Å²) < 4.78 is 6.11. The van der Waals surface area contributed by atoms with Crippen LogP contribution in [0.15, 0.2) is 42.6 Å². The predicted molar refractivity (Wildman–Crippen MR) is 70.4 cm³/mol. The van der Waals surface area contributed by atoms with E-state index in [0.717, 1.165) is 5.69 Å². The van der Waals surface area contributed by atoms with Gasteiger partial charge in [0, 0.05) is 12.6 Å². The summed E-state index contributed by atoms with van der Waals surface area (Å²) in [5.41, 5.74) is 1.38. The standard InChI is InChI=1S/C14H14N2O4/c1-20-14(19)12(13(17)18)9-10-7-8-16(15-10)11-5-3-2-4-6-11/h2-8,12H,9H2,1H3,(H,17,18). The molecule has 0 radical (unpaired) electrons. The SMILES string of the molecule is COC(=O)C(Cc1ccn(-c2ccccc2)n1)C(=O)O. The van der Waals surface area contributed by atoms with Gasteiger partial charge in [-0.05, 0) is 18.2 Å². The van der Waals surface area contributed by atoms with Gasteiger partial charge in [-0.25, -0.2) is 4.68 Å². The molecule has 0 saturated carbocycles. The summed E-state index contributed by atoms with van der Waals surface area (Å²) in [5, 5.41) is 13.3. The number of esters is 1. The van der Waals surface area contributed by atoms with Gasteiger partial charge in [0.1, 0.15) is 0 Å². The molecular weight excluding hydrogens is 260 g/mol. The van der Waals surface area contributed by atoms with Crippen molar-refractivity contribution >= 4 is 11.9 Å². The summed E-state index contributed by atoms with van der Waals surface area (Å²) in [4.78, 5) is 22.4. The van der Waals surface area contributed by atoms with E-state index in [4.69, 9.17) is 5.11 Å². The van der Waals surface area contributed by atoms with Crippen molar-refractivity contribution in [2.45, 2.75) is 6.42 Å². The van der Waals surface area contributed by atoms with Crippen LogP contribution >= 0.6 is 0 Å². The summed E-state index contributed by atoms with van der Waals surface area (Å²) in [7, 11) is 1.17. The largest absolute Gasteiger partial charge is 0.481 e. The maximum absolute atomic E-state index is 11.4. The molecule has 0 bridgehead atoms.